The summed E-state index contributed by atoms with van der Waals surface area (Å²) in [4.78, 5) is 19.1. The van der Waals surface area contributed by atoms with Gasteiger partial charge < -0.3 is 14.6 Å². The first kappa shape index (κ1) is 17.3. The Morgan fingerprint density at radius 3 is 3.00 bits per heavy atom. The number of H-pyrrole nitrogens is 1. The van der Waals surface area contributed by atoms with Gasteiger partial charge in [0.05, 0.1) is 12.0 Å². The number of imidazole rings is 1. The highest BCUT2D eigenvalue weighted by atomic mass is 16.3. The monoisotopic (exact) mass is 365 g/mol. The molecule has 0 radical (unpaired) electrons. The van der Waals surface area contributed by atoms with Crippen molar-refractivity contribution in [2.75, 3.05) is 6.54 Å². The zero-order valence-corrected chi connectivity index (χ0v) is 15.1. The number of carbonyl (C=O) groups is 1. The van der Waals surface area contributed by atoms with Crippen LogP contribution in [0.1, 0.15) is 36.2 Å². The SMILES string of the molecule is O=C(c1cc(-c2ccccc2O)n[nH]1)N1CCCC[C@H]1CCn1ccnc1. The maximum Gasteiger partial charge on any atom is 0.272 e. The number of rotatable bonds is 5. The van der Waals surface area contributed by atoms with Crippen LogP contribution in [0.25, 0.3) is 11.3 Å². The second kappa shape index (κ2) is 7.65. The predicted molar refractivity (Wildman–Crippen MR) is 101 cm³/mol. The van der Waals surface area contributed by atoms with Gasteiger partial charge in [-0.25, -0.2) is 4.98 Å². The Bertz CT molecular complexity index is 903. The molecule has 0 unspecified atom stereocenters. The van der Waals surface area contributed by atoms with Crippen molar-refractivity contribution in [3.8, 4) is 17.0 Å². The summed E-state index contributed by atoms with van der Waals surface area (Å²) in [5.41, 5.74) is 1.65. The maximum absolute atomic E-state index is 13.1. The number of piperidine rings is 1. The van der Waals surface area contributed by atoms with Crippen molar-refractivity contribution in [2.45, 2.75) is 38.3 Å². The summed E-state index contributed by atoms with van der Waals surface area (Å²) in [6, 6.07) is 8.93. The summed E-state index contributed by atoms with van der Waals surface area (Å²) in [5.74, 6) is 0.124. The second-order valence-electron chi connectivity index (χ2n) is 6.92. The molecule has 0 spiro atoms. The first-order valence-corrected chi connectivity index (χ1v) is 9.33. The van der Waals surface area contributed by atoms with E-state index in [0.717, 1.165) is 38.8 Å². The largest absolute Gasteiger partial charge is 0.507 e. The molecule has 1 amide bonds. The van der Waals surface area contributed by atoms with E-state index in [4.69, 9.17) is 0 Å². The van der Waals surface area contributed by atoms with Gasteiger partial charge in [-0.15, -0.1) is 0 Å². The first-order chi connectivity index (χ1) is 13.2. The van der Waals surface area contributed by atoms with Crippen LogP contribution in [0.4, 0.5) is 0 Å². The molecule has 2 aromatic heterocycles. The Hall–Kier alpha value is -3.09. The van der Waals surface area contributed by atoms with Gasteiger partial charge in [-0.05, 0) is 43.9 Å². The fourth-order valence-electron chi connectivity index (χ4n) is 3.70. The Kier molecular flexibility index (Phi) is 4.91. The Morgan fingerprint density at radius 2 is 2.19 bits per heavy atom. The molecule has 1 aliphatic rings. The number of benzene rings is 1. The zero-order chi connectivity index (χ0) is 18.6. The number of phenols is 1. The van der Waals surface area contributed by atoms with Crippen molar-refractivity contribution in [1.82, 2.24) is 24.6 Å². The zero-order valence-electron chi connectivity index (χ0n) is 15.1. The molecule has 27 heavy (non-hydrogen) atoms. The Labute approximate surface area is 157 Å². The molecule has 1 aliphatic heterocycles. The number of aryl methyl sites for hydroxylation is 1. The van der Waals surface area contributed by atoms with Crippen LogP contribution in [0.3, 0.4) is 0 Å². The van der Waals surface area contributed by atoms with Crippen LogP contribution in [0.15, 0.2) is 49.1 Å². The second-order valence-corrected chi connectivity index (χ2v) is 6.92. The van der Waals surface area contributed by atoms with Gasteiger partial charge in [-0.1, -0.05) is 12.1 Å². The smallest absolute Gasteiger partial charge is 0.272 e. The average Bonchev–Trinajstić information content (AvgIpc) is 3.38. The van der Waals surface area contributed by atoms with Gasteiger partial charge in [0.2, 0.25) is 0 Å². The quantitative estimate of drug-likeness (QED) is 0.727. The molecule has 1 aromatic carbocycles. The van der Waals surface area contributed by atoms with Crippen LogP contribution in [-0.4, -0.2) is 48.2 Å². The molecular weight excluding hydrogens is 342 g/mol. The van der Waals surface area contributed by atoms with Gasteiger partial charge in [-0.3, -0.25) is 9.89 Å². The molecule has 1 atom stereocenters. The van der Waals surface area contributed by atoms with E-state index in [0.29, 0.717) is 17.0 Å². The fraction of sp³-hybridized carbons (Fsp3) is 0.350. The van der Waals surface area contributed by atoms with E-state index in [2.05, 4.69) is 15.2 Å². The summed E-state index contributed by atoms with van der Waals surface area (Å²) in [7, 11) is 0. The maximum atomic E-state index is 13.1. The Morgan fingerprint density at radius 1 is 1.30 bits per heavy atom. The van der Waals surface area contributed by atoms with Gasteiger partial charge in [0, 0.05) is 37.1 Å². The van der Waals surface area contributed by atoms with Crippen molar-refractivity contribution >= 4 is 5.91 Å². The minimum Gasteiger partial charge on any atom is -0.507 e. The lowest BCUT2D eigenvalue weighted by Gasteiger charge is -2.35. The third-order valence-corrected chi connectivity index (χ3v) is 5.16. The molecule has 1 saturated heterocycles. The molecule has 0 bridgehead atoms. The average molecular weight is 365 g/mol. The summed E-state index contributed by atoms with van der Waals surface area (Å²) in [6.45, 7) is 1.61. The van der Waals surface area contributed by atoms with Crippen LogP contribution >= 0.6 is 0 Å². The van der Waals surface area contributed by atoms with E-state index in [1.807, 2.05) is 28.1 Å². The van der Waals surface area contributed by atoms with Crippen LogP contribution in [0.5, 0.6) is 5.75 Å². The Balaban J connectivity index is 1.49. The van der Waals surface area contributed by atoms with Gasteiger partial charge in [0.25, 0.3) is 5.91 Å². The van der Waals surface area contributed by atoms with E-state index < -0.39 is 0 Å². The van der Waals surface area contributed by atoms with Crippen molar-refractivity contribution in [3.63, 3.8) is 0 Å². The minimum absolute atomic E-state index is 0.0282. The van der Waals surface area contributed by atoms with Gasteiger partial charge in [0.1, 0.15) is 11.4 Å². The van der Waals surface area contributed by atoms with Crippen molar-refractivity contribution in [2.24, 2.45) is 0 Å². The molecule has 4 rings (SSSR count). The molecule has 0 aliphatic carbocycles. The number of aromatic nitrogens is 4. The lowest BCUT2D eigenvalue weighted by atomic mass is 9.98. The topological polar surface area (TPSA) is 87.0 Å². The summed E-state index contributed by atoms with van der Waals surface area (Å²) < 4.78 is 2.05. The predicted octanol–water partition coefficient (Wildman–Crippen LogP) is 3.06. The lowest BCUT2D eigenvalue weighted by Crippen LogP contribution is -2.44. The standard InChI is InChI=1S/C20H23N5O2/c26-19-7-2-1-6-16(19)17-13-18(23-22-17)20(27)25-10-4-3-5-15(25)8-11-24-12-9-21-14-24/h1-2,6-7,9,12-15,26H,3-5,8,10-11H2,(H,22,23)/t15-/m0/s1. The van der Waals surface area contributed by atoms with Crippen molar-refractivity contribution in [1.29, 1.82) is 0 Å². The van der Waals surface area contributed by atoms with Gasteiger partial charge >= 0.3 is 0 Å². The van der Waals surface area contributed by atoms with E-state index >= 15 is 0 Å². The number of carbonyl (C=O) groups excluding carboxylic acids is 1. The minimum atomic E-state index is -0.0282. The number of nitrogens with one attached hydrogen (secondary N) is 1. The fourth-order valence-corrected chi connectivity index (χ4v) is 3.70. The molecule has 3 aromatic rings. The highest BCUT2D eigenvalue weighted by Crippen LogP contribution is 2.28. The third kappa shape index (κ3) is 3.72. The molecule has 7 heteroatoms. The van der Waals surface area contributed by atoms with Crippen LogP contribution in [-0.2, 0) is 6.54 Å². The lowest BCUT2D eigenvalue weighted by molar-refractivity contribution is 0.0589. The summed E-state index contributed by atoms with van der Waals surface area (Å²) in [5, 5.41) is 17.1. The summed E-state index contributed by atoms with van der Waals surface area (Å²) >= 11 is 0. The number of aromatic amines is 1. The third-order valence-electron chi connectivity index (χ3n) is 5.16. The van der Waals surface area contributed by atoms with Crippen molar-refractivity contribution in [3.05, 3.63) is 54.7 Å². The molecular formula is C20H23N5O2. The highest BCUT2D eigenvalue weighted by Gasteiger charge is 2.28. The molecule has 0 saturated carbocycles. The van der Waals surface area contributed by atoms with Crippen LogP contribution < -0.4 is 0 Å². The number of hydrogen-bond acceptors (Lipinski definition) is 4. The van der Waals surface area contributed by atoms with Crippen LogP contribution in [0, 0.1) is 0 Å². The highest BCUT2D eigenvalue weighted by molar-refractivity contribution is 5.93. The number of para-hydroxylation sites is 1. The number of likely N-dealkylation sites (tertiary alicyclic amines) is 1. The number of phenolic OH excluding ortho intramolecular Hbond substituents is 1. The van der Waals surface area contributed by atoms with E-state index in [9.17, 15) is 9.90 Å². The van der Waals surface area contributed by atoms with E-state index in [1.165, 1.54) is 0 Å². The molecule has 140 valence electrons. The molecule has 7 nitrogen and oxygen atoms in total. The number of amides is 1. The molecule has 2 N–H and O–H groups in total. The number of hydrogen-bond donors (Lipinski definition) is 2. The van der Waals surface area contributed by atoms with Gasteiger partial charge in [-0.2, -0.15) is 5.10 Å². The van der Waals surface area contributed by atoms with E-state index in [1.54, 1.807) is 30.5 Å². The van der Waals surface area contributed by atoms with Crippen LogP contribution in [0.2, 0.25) is 0 Å². The summed E-state index contributed by atoms with van der Waals surface area (Å²) in [6.07, 6.45) is 9.61. The normalized spacial score (nSPS) is 17.2. The molecule has 1 fully saturated rings. The first-order valence-electron chi connectivity index (χ1n) is 9.33. The van der Waals surface area contributed by atoms with Crippen molar-refractivity contribution < 1.29 is 9.90 Å². The van der Waals surface area contributed by atoms with E-state index in [-0.39, 0.29) is 17.7 Å². The number of aromatic hydroxyl groups is 1. The molecule has 3 heterocycles. The van der Waals surface area contributed by atoms with Gasteiger partial charge in [0.15, 0.2) is 0 Å². The number of nitrogens with zero attached hydrogens (tertiary/aromatic N) is 4.